The van der Waals surface area contributed by atoms with Crippen LogP contribution in [0.4, 0.5) is 28.9 Å². The Labute approximate surface area is 272 Å². The fraction of sp³-hybridized carbons (Fsp3) is 0.303. The highest BCUT2D eigenvalue weighted by Crippen LogP contribution is 2.41. The maximum Gasteiger partial charge on any atom is 0.276 e. The van der Waals surface area contributed by atoms with Gasteiger partial charge in [-0.1, -0.05) is 32.0 Å². The van der Waals surface area contributed by atoms with Crippen LogP contribution in [-0.4, -0.2) is 50.5 Å². The molecule has 0 spiro atoms. The second-order valence-electron chi connectivity index (χ2n) is 11.8. The number of hydrogen-bond donors (Lipinski definition) is 1. The first kappa shape index (κ1) is 33.4. The number of pyridine rings is 3. The molecule has 4 heterocycles. The van der Waals surface area contributed by atoms with Gasteiger partial charge in [-0.05, 0) is 50.5 Å². The van der Waals surface area contributed by atoms with Gasteiger partial charge in [-0.2, -0.15) is 5.26 Å². The van der Waals surface area contributed by atoms with Gasteiger partial charge in [-0.3, -0.25) is 19.1 Å². The molecule has 1 aliphatic heterocycles. The lowest BCUT2D eigenvalue weighted by Crippen LogP contribution is -2.58. The van der Waals surface area contributed by atoms with Crippen LogP contribution in [0.5, 0.6) is 0 Å². The normalized spacial score (nSPS) is 16.6. The molecule has 1 aromatic carbocycles. The predicted octanol–water partition coefficient (Wildman–Crippen LogP) is 6.15. The molecule has 0 unspecified atom stereocenters. The van der Waals surface area contributed by atoms with E-state index in [0.717, 1.165) is 4.57 Å². The summed E-state index contributed by atoms with van der Waals surface area (Å²) in [6, 6.07) is 4.14. The zero-order valence-corrected chi connectivity index (χ0v) is 26.9. The van der Waals surface area contributed by atoms with Gasteiger partial charge in [-0.15, -0.1) is 0 Å². The maximum atomic E-state index is 15.4. The van der Waals surface area contributed by atoms with Crippen LogP contribution in [0, 0.1) is 41.5 Å². The molecule has 0 aliphatic carbocycles. The van der Waals surface area contributed by atoms with Crippen molar-refractivity contribution in [3.8, 4) is 23.0 Å². The smallest absolute Gasteiger partial charge is 0.276 e. The summed E-state index contributed by atoms with van der Waals surface area (Å²) < 4.78 is 60.4. The van der Waals surface area contributed by atoms with E-state index in [4.69, 9.17) is 17.3 Å². The fourth-order valence-electron chi connectivity index (χ4n) is 6.27. The second-order valence-corrected chi connectivity index (χ2v) is 12.2. The summed E-state index contributed by atoms with van der Waals surface area (Å²) in [5.74, 6) is -8.02. The number of hydrogen-bond acceptors (Lipinski definition) is 7. The molecule has 4 aromatic rings. The van der Waals surface area contributed by atoms with Crippen LogP contribution in [0.25, 0.3) is 28.0 Å². The Kier molecular flexibility index (Phi) is 8.77. The molecule has 0 saturated carbocycles. The average molecular weight is 668 g/mol. The minimum Gasteiger partial charge on any atom is -0.394 e. The average Bonchev–Trinajstić information content (AvgIpc) is 3.02. The number of nitrogen functional groups attached to an aromatic ring is 1. The number of carbonyl (C=O) groups excluding carboxylic acids is 1. The van der Waals surface area contributed by atoms with Crippen LogP contribution in [0.2, 0.25) is 5.02 Å². The molecule has 1 aliphatic rings. The van der Waals surface area contributed by atoms with Gasteiger partial charge in [0.1, 0.15) is 23.0 Å². The van der Waals surface area contributed by atoms with Crippen LogP contribution in [0.15, 0.2) is 35.8 Å². The van der Waals surface area contributed by atoms with Crippen molar-refractivity contribution in [1.82, 2.24) is 19.4 Å². The number of fused-ring (bicyclic) bond motifs is 1. The molecule has 47 heavy (non-hydrogen) atoms. The van der Waals surface area contributed by atoms with Crippen LogP contribution in [0.1, 0.15) is 50.4 Å². The van der Waals surface area contributed by atoms with E-state index < -0.39 is 62.9 Å². The van der Waals surface area contributed by atoms with Gasteiger partial charge < -0.3 is 15.5 Å². The molecular weight excluding hydrogens is 638 g/mol. The largest absolute Gasteiger partial charge is 0.394 e. The van der Waals surface area contributed by atoms with Crippen molar-refractivity contribution in [1.29, 1.82) is 5.26 Å². The van der Waals surface area contributed by atoms with Crippen molar-refractivity contribution < 1.29 is 22.4 Å². The predicted molar refractivity (Wildman–Crippen MR) is 172 cm³/mol. The summed E-state index contributed by atoms with van der Waals surface area (Å²) in [4.78, 5) is 39.4. The van der Waals surface area contributed by atoms with Gasteiger partial charge >= 0.3 is 0 Å². The monoisotopic (exact) mass is 667 g/mol. The number of amides is 1. The fourth-order valence-corrected chi connectivity index (χ4v) is 6.52. The Balaban J connectivity index is 1.95. The zero-order chi connectivity index (χ0) is 34.6. The van der Waals surface area contributed by atoms with Crippen LogP contribution in [-0.2, 0) is 4.79 Å². The Morgan fingerprint density at radius 1 is 1.13 bits per heavy atom. The quantitative estimate of drug-likeness (QED) is 0.0890. The number of nitrogens with zero attached hydrogens (tertiary/aromatic N) is 6. The lowest BCUT2D eigenvalue weighted by Gasteiger charge is -2.45. The topological polar surface area (TPSA) is 121 Å². The van der Waals surface area contributed by atoms with Crippen LogP contribution < -0.4 is 16.2 Å². The van der Waals surface area contributed by atoms with E-state index in [9.17, 15) is 23.6 Å². The number of anilines is 2. The number of benzene rings is 1. The maximum absolute atomic E-state index is 15.4. The molecular formula is C33H30ClF4N7O2. The van der Waals surface area contributed by atoms with Crippen molar-refractivity contribution in [2.45, 2.75) is 52.6 Å². The number of piperazine rings is 1. The van der Waals surface area contributed by atoms with E-state index in [1.165, 1.54) is 12.1 Å². The molecule has 2 atom stereocenters. The molecule has 9 nitrogen and oxygen atoms in total. The van der Waals surface area contributed by atoms with Gasteiger partial charge in [0.25, 0.3) is 5.56 Å². The number of aromatic nitrogens is 3. The van der Waals surface area contributed by atoms with E-state index in [1.807, 2.05) is 19.9 Å². The molecule has 14 heteroatoms. The molecule has 244 valence electrons. The SMILES string of the molecule is C=CC(=O)N1[C@H](C)CN(c2c(C#N)c(=O)n(-c3c(C)ccnc3C(C)C)c3nc(-c4c(F)c(N)c(F)c(F)c4F)c(Cl)cc23)C[C@@H]1C. The zero-order valence-electron chi connectivity index (χ0n) is 26.1. The highest BCUT2D eigenvalue weighted by atomic mass is 35.5. The van der Waals surface area contributed by atoms with E-state index in [2.05, 4.69) is 16.5 Å². The van der Waals surface area contributed by atoms with Crippen molar-refractivity contribution in [2.24, 2.45) is 0 Å². The first-order chi connectivity index (χ1) is 22.2. The third-order valence-electron chi connectivity index (χ3n) is 8.31. The minimum absolute atomic E-state index is 0.132. The molecule has 3 aromatic heterocycles. The van der Waals surface area contributed by atoms with E-state index >= 15 is 8.78 Å². The summed E-state index contributed by atoms with van der Waals surface area (Å²) in [5.41, 5.74) is 2.50. The van der Waals surface area contributed by atoms with Crippen molar-refractivity contribution >= 4 is 39.9 Å². The van der Waals surface area contributed by atoms with Crippen molar-refractivity contribution in [2.75, 3.05) is 23.7 Å². The lowest BCUT2D eigenvalue weighted by molar-refractivity contribution is -0.130. The highest BCUT2D eigenvalue weighted by Gasteiger charge is 2.36. The lowest BCUT2D eigenvalue weighted by atomic mass is 10.0. The third kappa shape index (κ3) is 5.26. The third-order valence-corrected chi connectivity index (χ3v) is 8.60. The Morgan fingerprint density at radius 2 is 1.77 bits per heavy atom. The Bertz CT molecular complexity index is 2050. The molecule has 1 fully saturated rings. The first-order valence-corrected chi connectivity index (χ1v) is 15.0. The van der Waals surface area contributed by atoms with Gasteiger partial charge in [-0.25, -0.2) is 22.5 Å². The number of halogens is 5. The van der Waals surface area contributed by atoms with Crippen LogP contribution in [0.3, 0.4) is 0 Å². The Morgan fingerprint density at radius 3 is 2.34 bits per heavy atom. The van der Waals surface area contributed by atoms with E-state index in [-0.39, 0.29) is 52.9 Å². The molecule has 0 bridgehead atoms. The van der Waals surface area contributed by atoms with Crippen LogP contribution >= 0.6 is 11.6 Å². The van der Waals surface area contributed by atoms with Gasteiger partial charge in [0.05, 0.1) is 33.3 Å². The number of rotatable bonds is 5. The number of nitriles is 1. The summed E-state index contributed by atoms with van der Waals surface area (Å²) in [6.07, 6.45) is 2.76. The molecule has 5 rings (SSSR count). The minimum atomic E-state index is -2.03. The van der Waals surface area contributed by atoms with Crippen molar-refractivity contribution in [3.05, 3.63) is 86.5 Å². The van der Waals surface area contributed by atoms with Gasteiger partial charge in [0.2, 0.25) is 5.91 Å². The highest BCUT2D eigenvalue weighted by molar-refractivity contribution is 6.34. The Hall–Kier alpha value is -4.96. The molecule has 1 saturated heterocycles. The summed E-state index contributed by atoms with van der Waals surface area (Å²) >= 11 is 6.61. The number of carbonyl (C=O) groups is 1. The molecule has 0 radical (unpaired) electrons. The van der Waals surface area contributed by atoms with E-state index in [1.54, 1.807) is 42.8 Å². The van der Waals surface area contributed by atoms with Gasteiger partial charge in [0, 0.05) is 36.8 Å². The summed E-state index contributed by atoms with van der Waals surface area (Å²) in [6.45, 7) is 12.9. The summed E-state index contributed by atoms with van der Waals surface area (Å²) in [7, 11) is 0. The number of nitrogens with two attached hydrogens (primary N) is 1. The van der Waals surface area contributed by atoms with Crippen molar-refractivity contribution in [3.63, 3.8) is 0 Å². The molecule has 1 amide bonds. The van der Waals surface area contributed by atoms with E-state index in [0.29, 0.717) is 11.3 Å². The summed E-state index contributed by atoms with van der Waals surface area (Å²) in [5, 5.41) is 10.2. The first-order valence-electron chi connectivity index (χ1n) is 14.6. The number of aryl methyl sites for hydroxylation is 1. The van der Waals surface area contributed by atoms with Gasteiger partial charge in [0.15, 0.2) is 23.3 Å². The standard InChI is InChI=1S/C33H30ClF4N7O2/c1-7-21(46)44-16(5)12-43(13-17(44)6)31-18-10-20(34)29(22-23(35)25(37)26(38)27(40)24(22)36)42-32(18)45(33(47)19(31)11-39)30-15(4)8-9-41-28(30)14(2)3/h7-10,14,16-17H,1,12-13,40H2,2-6H3/t16-,17+. The second kappa shape index (κ2) is 12.3. The molecule has 2 N–H and O–H groups in total.